The van der Waals surface area contributed by atoms with E-state index in [4.69, 9.17) is 0 Å². The van der Waals surface area contributed by atoms with Crippen LogP contribution in [-0.2, 0) is 9.84 Å². The molecule has 3 rings (SSSR count). The summed E-state index contributed by atoms with van der Waals surface area (Å²) in [6.45, 7) is 1.77. The van der Waals surface area contributed by atoms with Crippen molar-refractivity contribution in [1.29, 1.82) is 0 Å². The van der Waals surface area contributed by atoms with Crippen LogP contribution in [0, 0.1) is 6.92 Å². The predicted molar refractivity (Wildman–Crippen MR) is 110 cm³/mol. The van der Waals surface area contributed by atoms with Crippen molar-refractivity contribution >= 4 is 37.4 Å². The molecule has 0 aliphatic heterocycles. The van der Waals surface area contributed by atoms with Crippen molar-refractivity contribution in [2.24, 2.45) is 0 Å². The molecule has 1 N–H and O–H groups in total. The second-order valence-corrected chi connectivity index (χ2v) is 9.03. The Morgan fingerprint density at radius 3 is 2.44 bits per heavy atom. The second kappa shape index (κ2) is 7.62. The molecule has 0 fully saturated rings. The third kappa shape index (κ3) is 4.61. The number of benzene rings is 2. The Bertz CT molecular complexity index is 1130. The van der Waals surface area contributed by atoms with Gasteiger partial charge in [0.1, 0.15) is 0 Å². The van der Waals surface area contributed by atoms with E-state index in [1.165, 1.54) is 12.1 Å². The van der Waals surface area contributed by atoms with Gasteiger partial charge in [-0.3, -0.25) is 9.78 Å². The van der Waals surface area contributed by atoms with Crippen LogP contribution < -0.4 is 5.32 Å². The van der Waals surface area contributed by atoms with Crippen LogP contribution in [0.4, 0.5) is 5.69 Å². The standard InChI is InChI=1S/C20H17BrN2O3S/c1-13-18(9-10-19(22-13)14-5-3-6-15(21)11-14)20(24)23-16-7-4-8-17(12-16)27(2,25)26/h3-12H,1-2H3,(H,23,24). The quantitative estimate of drug-likeness (QED) is 0.643. The fourth-order valence-electron chi connectivity index (χ4n) is 2.61. The fourth-order valence-corrected chi connectivity index (χ4v) is 3.68. The summed E-state index contributed by atoms with van der Waals surface area (Å²) in [5.74, 6) is -0.341. The molecule has 0 saturated carbocycles. The Morgan fingerprint density at radius 2 is 1.78 bits per heavy atom. The number of pyridine rings is 1. The minimum absolute atomic E-state index is 0.153. The normalized spacial score (nSPS) is 11.2. The summed E-state index contributed by atoms with van der Waals surface area (Å²) in [6.07, 6.45) is 1.13. The molecular formula is C20H17BrN2O3S. The molecule has 138 valence electrons. The van der Waals surface area contributed by atoms with Crippen LogP contribution in [0.5, 0.6) is 0 Å². The smallest absolute Gasteiger partial charge is 0.257 e. The highest BCUT2D eigenvalue weighted by atomic mass is 79.9. The molecule has 7 heteroatoms. The van der Waals surface area contributed by atoms with Gasteiger partial charge in [-0.2, -0.15) is 0 Å². The van der Waals surface area contributed by atoms with Gasteiger partial charge >= 0.3 is 0 Å². The van der Waals surface area contributed by atoms with Crippen molar-refractivity contribution < 1.29 is 13.2 Å². The average Bonchev–Trinajstić information content (AvgIpc) is 2.61. The number of nitrogens with one attached hydrogen (secondary N) is 1. The molecule has 0 bridgehead atoms. The first-order valence-electron chi connectivity index (χ1n) is 8.09. The maximum Gasteiger partial charge on any atom is 0.257 e. The van der Waals surface area contributed by atoms with E-state index in [2.05, 4.69) is 26.2 Å². The van der Waals surface area contributed by atoms with E-state index < -0.39 is 9.84 Å². The summed E-state index contributed by atoms with van der Waals surface area (Å²) >= 11 is 3.44. The van der Waals surface area contributed by atoms with Gasteiger partial charge in [0.05, 0.1) is 21.8 Å². The zero-order valence-corrected chi connectivity index (χ0v) is 17.1. The van der Waals surface area contributed by atoms with E-state index in [1.54, 1.807) is 31.2 Å². The number of nitrogens with zero attached hydrogens (tertiary/aromatic N) is 1. The number of carbonyl (C=O) groups excluding carboxylic acids is 1. The van der Waals surface area contributed by atoms with E-state index in [9.17, 15) is 13.2 Å². The zero-order chi connectivity index (χ0) is 19.6. The van der Waals surface area contributed by atoms with Crippen molar-refractivity contribution in [3.63, 3.8) is 0 Å². The van der Waals surface area contributed by atoms with Crippen LogP contribution in [0.2, 0.25) is 0 Å². The number of sulfone groups is 1. The number of rotatable bonds is 4. The van der Waals surface area contributed by atoms with E-state index in [0.29, 0.717) is 16.9 Å². The van der Waals surface area contributed by atoms with E-state index in [1.807, 2.05) is 24.3 Å². The first kappa shape index (κ1) is 19.3. The lowest BCUT2D eigenvalue weighted by molar-refractivity contribution is 0.102. The molecule has 2 aromatic carbocycles. The van der Waals surface area contributed by atoms with Crippen LogP contribution in [-0.4, -0.2) is 25.6 Å². The summed E-state index contributed by atoms with van der Waals surface area (Å²) in [7, 11) is -3.34. The molecule has 1 amide bonds. The molecule has 0 unspecified atom stereocenters. The molecule has 1 heterocycles. The molecule has 3 aromatic rings. The summed E-state index contributed by atoms with van der Waals surface area (Å²) < 4.78 is 24.3. The number of hydrogen-bond donors (Lipinski definition) is 1. The number of amides is 1. The van der Waals surface area contributed by atoms with Crippen LogP contribution in [0.1, 0.15) is 16.1 Å². The summed E-state index contributed by atoms with van der Waals surface area (Å²) in [6, 6.07) is 17.4. The third-order valence-corrected chi connectivity index (χ3v) is 5.57. The van der Waals surface area contributed by atoms with Crippen molar-refractivity contribution in [3.8, 4) is 11.3 Å². The number of aryl methyl sites for hydroxylation is 1. The zero-order valence-electron chi connectivity index (χ0n) is 14.7. The molecule has 5 nitrogen and oxygen atoms in total. The Labute approximate surface area is 166 Å². The number of anilines is 1. The topological polar surface area (TPSA) is 76.1 Å². The van der Waals surface area contributed by atoms with Gasteiger partial charge in [-0.15, -0.1) is 0 Å². The molecule has 27 heavy (non-hydrogen) atoms. The number of halogens is 1. The van der Waals surface area contributed by atoms with Gasteiger partial charge < -0.3 is 5.32 Å². The van der Waals surface area contributed by atoms with Gasteiger partial charge in [-0.1, -0.05) is 34.1 Å². The second-order valence-electron chi connectivity index (χ2n) is 6.09. The minimum Gasteiger partial charge on any atom is -0.322 e. The van der Waals surface area contributed by atoms with Gasteiger partial charge in [0.15, 0.2) is 9.84 Å². The Kier molecular flexibility index (Phi) is 5.43. The maximum atomic E-state index is 12.6. The van der Waals surface area contributed by atoms with Gasteiger partial charge in [0.2, 0.25) is 0 Å². The molecule has 0 aliphatic carbocycles. The molecule has 0 radical (unpaired) electrons. The average molecular weight is 445 g/mol. The van der Waals surface area contributed by atoms with E-state index in [0.717, 1.165) is 22.0 Å². The lowest BCUT2D eigenvalue weighted by Gasteiger charge is -2.10. The van der Waals surface area contributed by atoms with Gasteiger partial charge in [-0.25, -0.2) is 8.42 Å². The molecular weight excluding hydrogens is 428 g/mol. The highest BCUT2D eigenvalue weighted by Gasteiger charge is 2.13. The SMILES string of the molecule is Cc1nc(-c2cccc(Br)c2)ccc1C(=O)Nc1cccc(S(C)(=O)=O)c1. The van der Waals surface area contributed by atoms with Gasteiger partial charge in [0, 0.05) is 22.0 Å². The minimum atomic E-state index is -3.34. The van der Waals surface area contributed by atoms with Crippen molar-refractivity contribution in [2.45, 2.75) is 11.8 Å². The van der Waals surface area contributed by atoms with Crippen LogP contribution in [0.15, 0.2) is 70.0 Å². The van der Waals surface area contributed by atoms with Crippen molar-refractivity contribution in [2.75, 3.05) is 11.6 Å². The Morgan fingerprint density at radius 1 is 1.04 bits per heavy atom. The van der Waals surface area contributed by atoms with Crippen molar-refractivity contribution in [3.05, 3.63) is 76.4 Å². The molecule has 1 aromatic heterocycles. The van der Waals surface area contributed by atoms with Crippen LogP contribution in [0.25, 0.3) is 11.3 Å². The molecule has 0 aliphatic rings. The van der Waals surface area contributed by atoms with E-state index >= 15 is 0 Å². The van der Waals surface area contributed by atoms with Crippen LogP contribution in [0.3, 0.4) is 0 Å². The van der Waals surface area contributed by atoms with Gasteiger partial charge in [-0.05, 0) is 49.4 Å². The number of aromatic nitrogens is 1. The summed E-state index contributed by atoms with van der Waals surface area (Å²) in [5, 5.41) is 2.73. The first-order chi connectivity index (χ1) is 12.7. The first-order valence-corrected chi connectivity index (χ1v) is 10.8. The monoisotopic (exact) mass is 444 g/mol. The highest BCUT2D eigenvalue weighted by molar-refractivity contribution is 9.10. The molecule has 0 atom stereocenters. The molecule has 0 saturated heterocycles. The Hall–Kier alpha value is -2.51. The maximum absolute atomic E-state index is 12.6. The summed E-state index contributed by atoms with van der Waals surface area (Å²) in [5.41, 5.74) is 3.14. The van der Waals surface area contributed by atoms with Crippen LogP contribution >= 0.6 is 15.9 Å². The summed E-state index contributed by atoms with van der Waals surface area (Å²) in [4.78, 5) is 17.3. The lowest BCUT2D eigenvalue weighted by Crippen LogP contribution is -2.14. The van der Waals surface area contributed by atoms with E-state index in [-0.39, 0.29) is 10.8 Å². The number of carbonyl (C=O) groups is 1. The third-order valence-electron chi connectivity index (χ3n) is 3.97. The largest absolute Gasteiger partial charge is 0.322 e. The predicted octanol–water partition coefficient (Wildman–Crippen LogP) is 4.48. The van der Waals surface area contributed by atoms with Crippen molar-refractivity contribution in [1.82, 2.24) is 4.98 Å². The highest BCUT2D eigenvalue weighted by Crippen LogP contribution is 2.23. The van der Waals surface area contributed by atoms with Gasteiger partial charge in [0.25, 0.3) is 5.91 Å². The number of hydrogen-bond acceptors (Lipinski definition) is 4. The molecule has 0 spiro atoms. The lowest BCUT2D eigenvalue weighted by atomic mass is 10.1. The fraction of sp³-hybridized carbons (Fsp3) is 0.100. The Balaban J connectivity index is 1.86.